The fraction of sp³-hybridized carbons (Fsp3) is 0.429. The van der Waals surface area contributed by atoms with Crippen LogP contribution in [0.25, 0.3) is 0 Å². The normalized spacial score (nSPS) is 19.2. The van der Waals surface area contributed by atoms with Crippen LogP contribution in [0, 0.1) is 12.8 Å². The molecule has 0 radical (unpaired) electrons. The number of piperidine rings is 1. The zero-order valence-electron chi connectivity index (χ0n) is 16.9. The maximum Gasteiger partial charge on any atom is 0.258 e. The Hall–Kier alpha value is -2.87. The molecular formula is C21H24ClN5O3. The minimum atomic E-state index is -0.932. The number of aryl methyl sites for hydroxylation is 1. The van der Waals surface area contributed by atoms with Gasteiger partial charge in [-0.25, -0.2) is 0 Å². The third-order valence-electron chi connectivity index (χ3n) is 5.80. The van der Waals surface area contributed by atoms with Crippen LogP contribution in [0.2, 0.25) is 5.02 Å². The lowest BCUT2D eigenvalue weighted by Gasteiger charge is -2.31. The first-order valence-corrected chi connectivity index (χ1v) is 10.5. The van der Waals surface area contributed by atoms with Gasteiger partial charge in [-0.2, -0.15) is 4.98 Å². The van der Waals surface area contributed by atoms with Gasteiger partial charge < -0.3 is 15.5 Å². The Morgan fingerprint density at radius 1 is 1.27 bits per heavy atom. The quantitative estimate of drug-likeness (QED) is 0.695. The summed E-state index contributed by atoms with van der Waals surface area (Å²) in [4.78, 5) is 47.5. The molecule has 3 heterocycles. The van der Waals surface area contributed by atoms with E-state index in [0.29, 0.717) is 22.6 Å². The van der Waals surface area contributed by atoms with E-state index in [1.165, 1.54) is 0 Å². The molecule has 2 amide bonds. The molecule has 1 saturated heterocycles. The van der Waals surface area contributed by atoms with E-state index >= 15 is 0 Å². The molecule has 1 aromatic carbocycles. The Balaban J connectivity index is 1.64. The Morgan fingerprint density at radius 3 is 2.73 bits per heavy atom. The Morgan fingerprint density at radius 2 is 2.00 bits per heavy atom. The minimum absolute atomic E-state index is 0.121. The second-order valence-corrected chi connectivity index (χ2v) is 8.51. The highest BCUT2D eigenvalue weighted by atomic mass is 35.5. The first kappa shape index (κ1) is 20.4. The van der Waals surface area contributed by atoms with Crippen LogP contribution in [-0.2, 0) is 9.59 Å². The lowest BCUT2D eigenvalue weighted by molar-refractivity contribution is -0.123. The first-order chi connectivity index (χ1) is 14.3. The first-order valence-electron chi connectivity index (χ1n) is 10.1. The molecule has 0 spiro atoms. The zero-order valence-corrected chi connectivity index (χ0v) is 17.7. The molecule has 1 aromatic heterocycles. The lowest BCUT2D eigenvalue weighted by atomic mass is 9.92. The van der Waals surface area contributed by atoms with E-state index in [2.05, 4.69) is 27.5 Å². The SMILES string of the molecule is Cc1ccc(Cl)cc1NC(=O)[C@H]1CC(=O)Nc2nc(N3CCC(C)CC3)[nH]c(=O)c21. The third kappa shape index (κ3) is 4.05. The number of benzene rings is 1. The highest BCUT2D eigenvalue weighted by molar-refractivity contribution is 6.31. The zero-order chi connectivity index (χ0) is 21.4. The summed E-state index contributed by atoms with van der Waals surface area (Å²) in [5.74, 6) is -0.499. The molecule has 0 unspecified atom stereocenters. The Bertz CT molecular complexity index is 1060. The van der Waals surface area contributed by atoms with E-state index in [4.69, 9.17) is 11.6 Å². The molecule has 0 saturated carbocycles. The Labute approximate surface area is 179 Å². The molecule has 9 heteroatoms. The summed E-state index contributed by atoms with van der Waals surface area (Å²) >= 11 is 6.03. The van der Waals surface area contributed by atoms with Crippen LogP contribution in [-0.4, -0.2) is 34.9 Å². The maximum atomic E-state index is 13.0. The smallest absolute Gasteiger partial charge is 0.258 e. The van der Waals surface area contributed by atoms with Gasteiger partial charge in [-0.3, -0.25) is 19.4 Å². The monoisotopic (exact) mass is 429 g/mol. The predicted molar refractivity (Wildman–Crippen MR) is 116 cm³/mol. The number of fused-ring (bicyclic) bond motifs is 1. The summed E-state index contributed by atoms with van der Waals surface area (Å²) in [5, 5.41) is 5.94. The molecule has 1 fully saturated rings. The number of aromatic amines is 1. The number of carbonyl (C=O) groups excluding carboxylic acids is 2. The minimum Gasteiger partial charge on any atom is -0.342 e. The van der Waals surface area contributed by atoms with Crippen molar-refractivity contribution in [1.29, 1.82) is 0 Å². The van der Waals surface area contributed by atoms with Gasteiger partial charge in [0.2, 0.25) is 17.8 Å². The highest BCUT2D eigenvalue weighted by Gasteiger charge is 2.35. The molecule has 4 rings (SSSR count). The van der Waals surface area contributed by atoms with E-state index in [9.17, 15) is 14.4 Å². The number of rotatable bonds is 3. The number of carbonyl (C=O) groups is 2. The molecule has 3 N–H and O–H groups in total. The van der Waals surface area contributed by atoms with Crippen molar-refractivity contribution in [1.82, 2.24) is 9.97 Å². The fourth-order valence-electron chi connectivity index (χ4n) is 3.90. The number of H-pyrrole nitrogens is 1. The van der Waals surface area contributed by atoms with Crippen molar-refractivity contribution >= 4 is 40.9 Å². The molecule has 30 heavy (non-hydrogen) atoms. The van der Waals surface area contributed by atoms with Crippen LogP contribution in [0.5, 0.6) is 0 Å². The molecule has 2 aliphatic heterocycles. The van der Waals surface area contributed by atoms with Crippen molar-refractivity contribution in [2.45, 2.75) is 39.0 Å². The van der Waals surface area contributed by atoms with Crippen molar-refractivity contribution in [2.24, 2.45) is 5.92 Å². The fourth-order valence-corrected chi connectivity index (χ4v) is 4.07. The van der Waals surface area contributed by atoms with Gasteiger partial charge in [0.1, 0.15) is 5.82 Å². The Kier molecular flexibility index (Phi) is 5.51. The second-order valence-electron chi connectivity index (χ2n) is 8.07. The number of hydrogen-bond acceptors (Lipinski definition) is 5. The maximum absolute atomic E-state index is 13.0. The van der Waals surface area contributed by atoms with Crippen molar-refractivity contribution in [3.8, 4) is 0 Å². The summed E-state index contributed by atoms with van der Waals surface area (Å²) in [5.41, 5.74) is 1.15. The number of aromatic nitrogens is 2. The van der Waals surface area contributed by atoms with Gasteiger partial charge in [0.05, 0.1) is 11.5 Å². The van der Waals surface area contributed by atoms with Gasteiger partial charge in [-0.05, 0) is 43.4 Å². The average molecular weight is 430 g/mol. The number of anilines is 3. The number of amides is 2. The topological polar surface area (TPSA) is 107 Å². The van der Waals surface area contributed by atoms with Gasteiger partial charge in [0, 0.05) is 30.2 Å². The van der Waals surface area contributed by atoms with Crippen LogP contribution >= 0.6 is 11.6 Å². The van der Waals surface area contributed by atoms with E-state index < -0.39 is 17.4 Å². The van der Waals surface area contributed by atoms with Gasteiger partial charge in [-0.1, -0.05) is 24.6 Å². The molecule has 2 aliphatic rings. The number of nitrogens with zero attached hydrogens (tertiary/aromatic N) is 2. The summed E-state index contributed by atoms with van der Waals surface area (Å²) in [6, 6.07) is 5.16. The van der Waals surface area contributed by atoms with Crippen LogP contribution in [0.4, 0.5) is 17.5 Å². The van der Waals surface area contributed by atoms with Crippen molar-refractivity contribution in [2.75, 3.05) is 28.6 Å². The van der Waals surface area contributed by atoms with Gasteiger partial charge >= 0.3 is 0 Å². The van der Waals surface area contributed by atoms with E-state index in [-0.39, 0.29) is 23.7 Å². The number of nitrogens with one attached hydrogen (secondary N) is 3. The summed E-state index contributed by atoms with van der Waals surface area (Å²) in [6.07, 6.45) is 1.90. The standard InChI is InChI=1S/C21H24ClN5O3/c1-11-5-7-27(8-6-11)21-25-18-17(20(30)26-21)14(10-16(28)24-18)19(29)23-15-9-13(22)4-3-12(15)2/h3-4,9,11,14H,5-8,10H2,1-2H3,(H,23,29)(H2,24,25,26,28,30)/t14-/m0/s1. The van der Waals surface area contributed by atoms with Crippen LogP contribution < -0.4 is 21.1 Å². The predicted octanol–water partition coefficient (Wildman–Crippen LogP) is 3.03. The van der Waals surface area contributed by atoms with Crippen LogP contribution in [0.15, 0.2) is 23.0 Å². The van der Waals surface area contributed by atoms with Gasteiger partial charge in [0.25, 0.3) is 5.56 Å². The van der Waals surface area contributed by atoms with E-state index in [1.807, 2.05) is 11.8 Å². The average Bonchev–Trinajstić information content (AvgIpc) is 2.70. The summed E-state index contributed by atoms with van der Waals surface area (Å²) in [7, 11) is 0. The van der Waals surface area contributed by atoms with Crippen LogP contribution in [0.1, 0.15) is 43.2 Å². The highest BCUT2D eigenvalue weighted by Crippen LogP contribution is 2.31. The largest absolute Gasteiger partial charge is 0.342 e. The summed E-state index contributed by atoms with van der Waals surface area (Å²) in [6.45, 7) is 5.61. The molecule has 8 nitrogen and oxygen atoms in total. The molecule has 0 aliphatic carbocycles. The third-order valence-corrected chi connectivity index (χ3v) is 6.03. The number of hydrogen-bond donors (Lipinski definition) is 3. The molecule has 1 atom stereocenters. The van der Waals surface area contributed by atoms with E-state index in [0.717, 1.165) is 31.5 Å². The van der Waals surface area contributed by atoms with Gasteiger partial charge in [0.15, 0.2) is 0 Å². The second kappa shape index (κ2) is 8.10. The van der Waals surface area contributed by atoms with Crippen LogP contribution in [0.3, 0.4) is 0 Å². The van der Waals surface area contributed by atoms with Crippen molar-refractivity contribution < 1.29 is 9.59 Å². The molecule has 0 bridgehead atoms. The van der Waals surface area contributed by atoms with Gasteiger partial charge in [-0.15, -0.1) is 0 Å². The van der Waals surface area contributed by atoms with Crippen molar-refractivity contribution in [3.63, 3.8) is 0 Å². The molecular weight excluding hydrogens is 406 g/mol. The van der Waals surface area contributed by atoms with E-state index in [1.54, 1.807) is 18.2 Å². The summed E-state index contributed by atoms with van der Waals surface area (Å²) < 4.78 is 0. The van der Waals surface area contributed by atoms with Crippen molar-refractivity contribution in [3.05, 3.63) is 44.7 Å². The molecule has 2 aromatic rings. The molecule has 158 valence electrons. The number of halogens is 1. The lowest BCUT2D eigenvalue weighted by Crippen LogP contribution is -2.39.